The summed E-state index contributed by atoms with van der Waals surface area (Å²) < 4.78 is 0. The molecule has 22 heavy (non-hydrogen) atoms. The quantitative estimate of drug-likeness (QED) is 0.681. The summed E-state index contributed by atoms with van der Waals surface area (Å²) >= 11 is 1.68. The van der Waals surface area contributed by atoms with Gasteiger partial charge in [0.25, 0.3) is 0 Å². The summed E-state index contributed by atoms with van der Waals surface area (Å²) in [5, 5.41) is 3.20. The van der Waals surface area contributed by atoms with Gasteiger partial charge in [0, 0.05) is 30.6 Å². The van der Waals surface area contributed by atoms with Crippen LogP contribution in [-0.4, -0.2) is 35.5 Å². The molecule has 4 nitrogen and oxygen atoms in total. The second-order valence-corrected chi connectivity index (χ2v) is 6.84. The van der Waals surface area contributed by atoms with Crippen molar-refractivity contribution in [1.29, 1.82) is 0 Å². The number of aryl methyl sites for hydroxylation is 1. The third-order valence-corrected chi connectivity index (χ3v) is 4.77. The van der Waals surface area contributed by atoms with E-state index in [1.54, 1.807) is 11.3 Å². The Hall–Kier alpha value is -1.88. The second kappa shape index (κ2) is 6.48. The minimum absolute atomic E-state index is 0.615. The third-order valence-electron chi connectivity index (χ3n) is 4.00. The molecular formula is C17H22N4S. The van der Waals surface area contributed by atoms with Crippen molar-refractivity contribution in [3.05, 3.63) is 40.2 Å². The van der Waals surface area contributed by atoms with Crippen molar-refractivity contribution >= 4 is 17.3 Å². The zero-order chi connectivity index (χ0) is 15.5. The van der Waals surface area contributed by atoms with Crippen LogP contribution >= 0.6 is 11.3 Å². The van der Waals surface area contributed by atoms with E-state index >= 15 is 0 Å². The summed E-state index contributed by atoms with van der Waals surface area (Å²) in [6.07, 6.45) is 3.39. The maximum atomic E-state index is 5.99. The summed E-state index contributed by atoms with van der Waals surface area (Å²) in [4.78, 5) is 11.1. The van der Waals surface area contributed by atoms with Gasteiger partial charge in [-0.1, -0.05) is 24.3 Å². The number of nitrogens with zero attached hydrogens (tertiary/aromatic N) is 3. The van der Waals surface area contributed by atoms with Crippen LogP contribution in [0.25, 0.3) is 11.3 Å². The molecule has 0 saturated heterocycles. The van der Waals surface area contributed by atoms with E-state index in [0.717, 1.165) is 23.7 Å². The predicted molar refractivity (Wildman–Crippen MR) is 93.3 cm³/mol. The summed E-state index contributed by atoms with van der Waals surface area (Å²) in [5.74, 6) is 0.664. The molecule has 0 aliphatic heterocycles. The monoisotopic (exact) mass is 314 g/mol. The Balaban J connectivity index is 1.56. The van der Waals surface area contributed by atoms with E-state index in [-0.39, 0.29) is 0 Å². The molecule has 2 aromatic rings. The van der Waals surface area contributed by atoms with Crippen molar-refractivity contribution in [2.24, 2.45) is 10.7 Å². The van der Waals surface area contributed by atoms with Gasteiger partial charge < -0.3 is 10.6 Å². The summed E-state index contributed by atoms with van der Waals surface area (Å²) in [6.45, 7) is 2.77. The van der Waals surface area contributed by atoms with Crippen molar-refractivity contribution in [1.82, 2.24) is 9.88 Å². The Morgan fingerprint density at radius 1 is 1.36 bits per heavy atom. The number of aliphatic imine (C=N–C) groups is 1. The van der Waals surface area contributed by atoms with Crippen LogP contribution in [0.4, 0.5) is 0 Å². The topological polar surface area (TPSA) is 54.5 Å². The van der Waals surface area contributed by atoms with Crippen molar-refractivity contribution in [2.45, 2.75) is 32.2 Å². The van der Waals surface area contributed by atoms with Crippen LogP contribution in [0.1, 0.15) is 23.4 Å². The Labute approximate surface area is 135 Å². The molecule has 116 valence electrons. The van der Waals surface area contributed by atoms with Gasteiger partial charge in [0.05, 0.1) is 10.7 Å². The lowest BCUT2D eigenvalue weighted by Crippen LogP contribution is -2.35. The van der Waals surface area contributed by atoms with Gasteiger partial charge in [0.1, 0.15) is 0 Å². The molecule has 1 fully saturated rings. The first-order chi connectivity index (χ1) is 10.6. The highest BCUT2D eigenvalue weighted by atomic mass is 32.1. The molecule has 0 spiro atoms. The Bertz CT molecular complexity index is 656. The molecule has 1 aliphatic carbocycles. The van der Waals surface area contributed by atoms with E-state index in [1.807, 2.05) is 14.0 Å². The summed E-state index contributed by atoms with van der Waals surface area (Å²) in [6, 6.07) is 9.19. The number of benzene rings is 1. The Kier molecular flexibility index (Phi) is 4.43. The fourth-order valence-corrected chi connectivity index (χ4v) is 3.02. The number of hydrogen-bond acceptors (Lipinski definition) is 3. The molecule has 0 unspecified atom stereocenters. The zero-order valence-corrected chi connectivity index (χ0v) is 13.9. The molecule has 1 heterocycles. The molecule has 1 aliphatic rings. The van der Waals surface area contributed by atoms with E-state index in [4.69, 9.17) is 5.73 Å². The number of aromatic nitrogens is 1. The van der Waals surface area contributed by atoms with Crippen LogP contribution in [0.3, 0.4) is 0 Å². The lowest BCUT2D eigenvalue weighted by Gasteiger charge is -2.16. The van der Waals surface area contributed by atoms with Gasteiger partial charge in [0.2, 0.25) is 0 Å². The SMILES string of the molecule is Cc1nc(-c2ccc(CCN=C(N)N(C)C3CC3)cc2)cs1. The van der Waals surface area contributed by atoms with E-state index in [1.165, 1.54) is 24.0 Å². The van der Waals surface area contributed by atoms with Gasteiger partial charge in [0.15, 0.2) is 5.96 Å². The number of hydrogen-bond donors (Lipinski definition) is 1. The van der Waals surface area contributed by atoms with E-state index in [0.29, 0.717) is 12.0 Å². The van der Waals surface area contributed by atoms with E-state index < -0.39 is 0 Å². The molecule has 1 aromatic heterocycles. The van der Waals surface area contributed by atoms with Gasteiger partial charge in [-0.25, -0.2) is 4.98 Å². The zero-order valence-electron chi connectivity index (χ0n) is 13.1. The molecule has 0 radical (unpaired) electrons. The molecule has 0 bridgehead atoms. The molecule has 1 saturated carbocycles. The first-order valence-corrected chi connectivity index (χ1v) is 8.55. The lowest BCUT2D eigenvalue weighted by molar-refractivity contribution is 0.487. The maximum absolute atomic E-state index is 5.99. The van der Waals surface area contributed by atoms with E-state index in [9.17, 15) is 0 Å². The molecule has 2 N–H and O–H groups in total. The number of guanidine groups is 1. The fraction of sp³-hybridized carbons (Fsp3) is 0.412. The van der Waals surface area contributed by atoms with E-state index in [2.05, 4.69) is 44.5 Å². The van der Waals surface area contributed by atoms with Crippen LogP contribution < -0.4 is 5.73 Å². The van der Waals surface area contributed by atoms with Crippen molar-refractivity contribution < 1.29 is 0 Å². The van der Waals surface area contributed by atoms with Crippen molar-refractivity contribution in [3.63, 3.8) is 0 Å². The minimum Gasteiger partial charge on any atom is -0.370 e. The molecule has 0 amide bonds. The van der Waals surface area contributed by atoms with Crippen LogP contribution in [0.5, 0.6) is 0 Å². The fourth-order valence-electron chi connectivity index (χ4n) is 2.40. The average molecular weight is 314 g/mol. The molecule has 1 aromatic carbocycles. The van der Waals surface area contributed by atoms with Gasteiger partial charge >= 0.3 is 0 Å². The Morgan fingerprint density at radius 2 is 2.09 bits per heavy atom. The van der Waals surface area contributed by atoms with Crippen LogP contribution in [0.2, 0.25) is 0 Å². The third kappa shape index (κ3) is 3.65. The smallest absolute Gasteiger partial charge is 0.191 e. The maximum Gasteiger partial charge on any atom is 0.191 e. The van der Waals surface area contributed by atoms with Crippen LogP contribution in [-0.2, 0) is 6.42 Å². The average Bonchev–Trinajstić information content (AvgIpc) is 3.29. The standard InChI is InChI=1S/C17H22N4S/c1-12-20-16(11-22-12)14-5-3-13(4-6-14)9-10-19-17(18)21(2)15-7-8-15/h3-6,11,15H,7-10H2,1-2H3,(H2,18,19). The lowest BCUT2D eigenvalue weighted by atomic mass is 10.1. The van der Waals surface area contributed by atoms with Gasteiger partial charge in [-0.3, -0.25) is 4.99 Å². The second-order valence-electron chi connectivity index (χ2n) is 5.78. The molecular weight excluding hydrogens is 292 g/mol. The minimum atomic E-state index is 0.615. The van der Waals surface area contributed by atoms with Gasteiger partial charge in [-0.15, -0.1) is 11.3 Å². The first kappa shape index (κ1) is 15.0. The first-order valence-electron chi connectivity index (χ1n) is 7.67. The number of thiazole rings is 1. The Morgan fingerprint density at radius 3 is 2.68 bits per heavy atom. The summed E-state index contributed by atoms with van der Waals surface area (Å²) in [7, 11) is 2.03. The van der Waals surface area contributed by atoms with Crippen LogP contribution in [0.15, 0.2) is 34.6 Å². The highest BCUT2D eigenvalue weighted by molar-refractivity contribution is 7.09. The summed E-state index contributed by atoms with van der Waals surface area (Å²) in [5.41, 5.74) is 9.50. The van der Waals surface area contributed by atoms with Crippen molar-refractivity contribution in [2.75, 3.05) is 13.6 Å². The van der Waals surface area contributed by atoms with Gasteiger partial charge in [-0.05, 0) is 31.7 Å². The molecule has 5 heteroatoms. The molecule has 3 rings (SSSR count). The molecule has 0 atom stereocenters. The number of rotatable bonds is 5. The predicted octanol–water partition coefficient (Wildman–Crippen LogP) is 3.07. The largest absolute Gasteiger partial charge is 0.370 e. The van der Waals surface area contributed by atoms with Crippen molar-refractivity contribution in [3.8, 4) is 11.3 Å². The highest BCUT2D eigenvalue weighted by Crippen LogP contribution is 2.25. The number of nitrogens with two attached hydrogens (primary N) is 1. The highest BCUT2D eigenvalue weighted by Gasteiger charge is 2.27. The van der Waals surface area contributed by atoms with Crippen LogP contribution in [0, 0.1) is 6.92 Å². The normalized spacial score (nSPS) is 15.1. The van der Waals surface area contributed by atoms with Gasteiger partial charge in [-0.2, -0.15) is 0 Å².